The smallest absolute Gasteiger partial charge is 0.320 e. The number of anilines is 1. The summed E-state index contributed by atoms with van der Waals surface area (Å²) in [5.41, 5.74) is 1.19. The fourth-order valence-electron chi connectivity index (χ4n) is 1.99. The molecule has 0 spiro atoms. The molecule has 0 aliphatic rings. The van der Waals surface area contributed by atoms with E-state index in [0.717, 1.165) is 12.7 Å². The fourth-order valence-corrected chi connectivity index (χ4v) is 3.16. The summed E-state index contributed by atoms with van der Waals surface area (Å²) >= 11 is 5.88. The van der Waals surface area contributed by atoms with Crippen LogP contribution in [0.4, 0.5) is 5.69 Å². The molecule has 0 aliphatic carbocycles. The lowest BCUT2D eigenvalue weighted by Gasteiger charge is -2.07. The summed E-state index contributed by atoms with van der Waals surface area (Å²) < 4.78 is 30.6. The minimum absolute atomic E-state index is 0.0427. The van der Waals surface area contributed by atoms with Gasteiger partial charge in [-0.05, 0) is 48.0 Å². The Kier molecular flexibility index (Phi) is 7.12. The predicted molar refractivity (Wildman–Crippen MR) is 103 cm³/mol. The number of carbonyl (C=O) groups excluding carboxylic acids is 2. The number of benzene rings is 2. The Balaban J connectivity index is 1.98. The second-order valence-corrected chi connectivity index (χ2v) is 7.51. The molecule has 0 fully saturated rings. The van der Waals surface area contributed by atoms with Crippen molar-refractivity contribution < 1.29 is 22.7 Å². The molecule has 0 bridgehead atoms. The maximum absolute atomic E-state index is 12.0. The number of nitrogens with one attached hydrogen (secondary N) is 2. The number of carbonyl (C=O) groups is 2. The van der Waals surface area contributed by atoms with Crippen LogP contribution >= 0.6 is 11.6 Å². The molecular formula is C18H17ClN2O5S. The number of esters is 1. The topological polar surface area (TPSA) is 102 Å². The number of hydrogen-bond donors (Lipinski definition) is 2. The molecule has 2 rings (SSSR count). The molecule has 0 aliphatic heterocycles. The fraction of sp³-hybridized carbons (Fsp3) is 0.111. The highest BCUT2D eigenvalue weighted by Crippen LogP contribution is 2.15. The predicted octanol–water partition coefficient (Wildman–Crippen LogP) is 2.44. The zero-order chi connectivity index (χ0) is 19.9. The maximum atomic E-state index is 12.0. The molecule has 0 saturated heterocycles. The number of methoxy groups -OCH3 is 1. The van der Waals surface area contributed by atoms with E-state index in [1.54, 1.807) is 30.3 Å². The monoisotopic (exact) mass is 408 g/mol. The number of sulfonamides is 1. The molecule has 0 aromatic heterocycles. The highest BCUT2D eigenvalue weighted by molar-refractivity contribution is 7.89. The third kappa shape index (κ3) is 6.52. The van der Waals surface area contributed by atoms with E-state index in [-0.39, 0.29) is 10.8 Å². The van der Waals surface area contributed by atoms with Crippen LogP contribution in [0.15, 0.2) is 59.5 Å². The minimum atomic E-state index is -3.85. The van der Waals surface area contributed by atoms with Gasteiger partial charge in [0.1, 0.15) is 6.54 Å². The van der Waals surface area contributed by atoms with Crippen LogP contribution in [0.1, 0.15) is 5.56 Å². The van der Waals surface area contributed by atoms with E-state index in [1.807, 2.05) is 0 Å². The Bertz CT molecular complexity index is 956. The van der Waals surface area contributed by atoms with Crippen molar-refractivity contribution in [1.82, 2.24) is 4.72 Å². The summed E-state index contributed by atoms with van der Waals surface area (Å²) in [6.45, 7) is -0.467. The third-order valence-corrected chi connectivity index (χ3v) is 4.99. The standard InChI is InChI=1S/C18H17ClN2O5S/c1-26-18(23)12-20-27(24,25)16-8-6-15(7-9-16)21-17(22)10-5-13-3-2-4-14(19)11-13/h2-11,20H,12H2,1H3,(H,21,22)/b10-5+. The lowest BCUT2D eigenvalue weighted by molar-refractivity contribution is -0.139. The van der Waals surface area contributed by atoms with Crippen LogP contribution in [-0.4, -0.2) is 33.9 Å². The highest BCUT2D eigenvalue weighted by atomic mass is 35.5. The molecule has 2 N–H and O–H groups in total. The van der Waals surface area contributed by atoms with E-state index in [0.29, 0.717) is 10.7 Å². The van der Waals surface area contributed by atoms with Crippen LogP contribution in [0.25, 0.3) is 6.08 Å². The molecule has 0 radical (unpaired) electrons. The molecule has 2 aromatic rings. The minimum Gasteiger partial charge on any atom is -0.468 e. The number of halogens is 1. The van der Waals surface area contributed by atoms with Gasteiger partial charge in [-0.2, -0.15) is 4.72 Å². The zero-order valence-corrected chi connectivity index (χ0v) is 15.9. The van der Waals surface area contributed by atoms with Crippen molar-refractivity contribution >= 4 is 45.3 Å². The van der Waals surface area contributed by atoms with Crippen molar-refractivity contribution in [2.45, 2.75) is 4.90 Å². The molecule has 0 unspecified atom stereocenters. The summed E-state index contributed by atoms with van der Waals surface area (Å²) in [5.74, 6) is -1.08. The number of amides is 1. The van der Waals surface area contributed by atoms with Gasteiger partial charge in [0.2, 0.25) is 15.9 Å². The second kappa shape index (κ2) is 9.31. The first-order chi connectivity index (χ1) is 12.8. The van der Waals surface area contributed by atoms with Crippen LogP contribution in [0.5, 0.6) is 0 Å². The van der Waals surface area contributed by atoms with Crippen LogP contribution in [-0.2, 0) is 24.3 Å². The van der Waals surface area contributed by atoms with Crippen molar-refractivity contribution in [3.05, 3.63) is 65.2 Å². The Morgan fingerprint density at radius 1 is 1.15 bits per heavy atom. The molecule has 0 atom stereocenters. The van der Waals surface area contributed by atoms with Gasteiger partial charge in [-0.15, -0.1) is 0 Å². The average molecular weight is 409 g/mol. The van der Waals surface area contributed by atoms with Crippen LogP contribution in [0, 0.1) is 0 Å². The molecule has 0 heterocycles. The van der Waals surface area contributed by atoms with E-state index in [2.05, 4.69) is 14.8 Å². The summed E-state index contributed by atoms with van der Waals surface area (Å²) in [4.78, 5) is 22.9. The summed E-state index contributed by atoms with van der Waals surface area (Å²) in [5, 5.41) is 3.18. The van der Waals surface area contributed by atoms with E-state index in [1.165, 1.54) is 30.3 Å². The Morgan fingerprint density at radius 3 is 2.48 bits per heavy atom. The summed E-state index contributed by atoms with van der Waals surface area (Å²) in [6, 6.07) is 12.5. The maximum Gasteiger partial charge on any atom is 0.320 e. The first kappa shape index (κ1) is 20.6. The van der Waals surface area contributed by atoms with Gasteiger partial charge in [-0.1, -0.05) is 23.7 Å². The van der Waals surface area contributed by atoms with Gasteiger partial charge < -0.3 is 10.1 Å². The second-order valence-electron chi connectivity index (χ2n) is 5.30. The number of hydrogen-bond acceptors (Lipinski definition) is 5. The SMILES string of the molecule is COC(=O)CNS(=O)(=O)c1ccc(NC(=O)/C=C/c2cccc(Cl)c2)cc1. The lowest BCUT2D eigenvalue weighted by atomic mass is 10.2. The lowest BCUT2D eigenvalue weighted by Crippen LogP contribution is -2.30. The highest BCUT2D eigenvalue weighted by Gasteiger charge is 2.15. The molecule has 0 saturated carbocycles. The summed E-state index contributed by atoms with van der Waals surface area (Å²) in [7, 11) is -2.69. The molecule has 1 amide bonds. The molecular weight excluding hydrogens is 392 g/mol. The molecule has 27 heavy (non-hydrogen) atoms. The van der Waals surface area contributed by atoms with Gasteiger partial charge in [0.15, 0.2) is 0 Å². The molecule has 9 heteroatoms. The van der Waals surface area contributed by atoms with Crippen molar-refractivity contribution in [1.29, 1.82) is 0 Å². The quantitative estimate of drug-likeness (QED) is 0.541. The first-order valence-electron chi connectivity index (χ1n) is 7.71. The van der Waals surface area contributed by atoms with Gasteiger partial charge in [-0.3, -0.25) is 9.59 Å². The Morgan fingerprint density at radius 2 is 1.85 bits per heavy atom. The molecule has 7 nitrogen and oxygen atoms in total. The van der Waals surface area contributed by atoms with Crippen LogP contribution in [0.3, 0.4) is 0 Å². The largest absolute Gasteiger partial charge is 0.468 e. The van der Waals surface area contributed by atoms with Gasteiger partial charge in [0.05, 0.1) is 12.0 Å². The van der Waals surface area contributed by atoms with Crippen molar-refractivity contribution in [3.8, 4) is 0 Å². The van der Waals surface area contributed by atoms with Crippen molar-refractivity contribution in [3.63, 3.8) is 0 Å². The molecule has 142 valence electrons. The van der Waals surface area contributed by atoms with E-state index in [9.17, 15) is 18.0 Å². The number of rotatable bonds is 7. The normalized spacial score (nSPS) is 11.3. The van der Waals surface area contributed by atoms with E-state index >= 15 is 0 Å². The van der Waals surface area contributed by atoms with Crippen molar-refractivity contribution in [2.75, 3.05) is 19.0 Å². The van der Waals surface area contributed by atoms with E-state index < -0.39 is 22.5 Å². The third-order valence-electron chi connectivity index (χ3n) is 3.34. The van der Waals surface area contributed by atoms with Crippen LogP contribution < -0.4 is 10.0 Å². The van der Waals surface area contributed by atoms with E-state index in [4.69, 9.17) is 11.6 Å². The Hall–Kier alpha value is -2.68. The van der Waals surface area contributed by atoms with Gasteiger partial charge >= 0.3 is 5.97 Å². The first-order valence-corrected chi connectivity index (χ1v) is 9.57. The number of ether oxygens (including phenoxy) is 1. The molecule has 2 aromatic carbocycles. The van der Waals surface area contributed by atoms with Gasteiger partial charge in [0.25, 0.3) is 0 Å². The average Bonchev–Trinajstić information content (AvgIpc) is 2.65. The summed E-state index contributed by atoms with van der Waals surface area (Å²) in [6.07, 6.45) is 2.95. The van der Waals surface area contributed by atoms with Gasteiger partial charge in [-0.25, -0.2) is 8.42 Å². The van der Waals surface area contributed by atoms with Gasteiger partial charge in [0, 0.05) is 16.8 Å². The zero-order valence-electron chi connectivity index (χ0n) is 14.3. The van der Waals surface area contributed by atoms with Crippen molar-refractivity contribution in [2.24, 2.45) is 0 Å². The van der Waals surface area contributed by atoms with Crippen LogP contribution in [0.2, 0.25) is 5.02 Å². The Labute approximate surface area is 162 Å².